The molecule has 1 aromatic carbocycles. The van der Waals surface area contributed by atoms with Gasteiger partial charge in [0.15, 0.2) is 0 Å². The predicted molar refractivity (Wildman–Crippen MR) is 76.3 cm³/mol. The molecule has 0 aliphatic rings. The van der Waals surface area contributed by atoms with Gasteiger partial charge in [0.25, 0.3) is 0 Å². The van der Waals surface area contributed by atoms with Crippen LogP contribution in [0.4, 0.5) is 10.5 Å². The number of benzene rings is 1. The molecule has 116 valence electrons. The fourth-order valence-corrected chi connectivity index (χ4v) is 1.85. The Bertz CT molecular complexity index is 652. The SMILES string of the molecule is CN(C(=O)Nc1ccc(S(N)(=O)=O)cc1)C(C)(C)C(=O)O. The molecule has 0 fully saturated rings. The highest BCUT2D eigenvalue weighted by Gasteiger charge is 2.35. The summed E-state index contributed by atoms with van der Waals surface area (Å²) in [5.74, 6) is -1.15. The average Bonchev–Trinajstić information content (AvgIpc) is 2.37. The predicted octanol–water partition coefficient (Wildman–Crippen LogP) is 0.661. The summed E-state index contributed by atoms with van der Waals surface area (Å²) in [6, 6.07) is 4.57. The third-order valence-electron chi connectivity index (χ3n) is 3.10. The lowest BCUT2D eigenvalue weighted by Gasteiger charge is -2.31. The van der Waals surface area contributed by atoms with E-state index in [4.69, 9.17) is 10.2 Å². The molecular formula is C12H17N3O5S. The van der Waals surface area contributed by atoms with Gasteiger partial charge >= 0.3 is 12.0 Å². The Labute approximate surface area is 122 Å². The van der Waals surface area contributed by atoms with Crippen LogP contribution >= 0.6 is 0 Å². The van der Waals surface area contributed by atoms with Gasteiger partial charge in [0.1, 0.15) is 5.54 Å². The van der Waals surface area contributed by atoms with Gasteiger partial charge in [-0.15, -0.1) is 0 Å². The van der Waals surface area contributed by atoms with E-state index in [-0.39, 0.29) is 4.90 Å². The number of rotatable bonds is 4. The Balaban J connectivity index is 2.87. The number of nitrogens with zero attached hydrogens (tertiary/aromatic N) is 1. The summed E-state index contributed by atoms with van der Waals surface area (Å²) in [4.78, 5) is 24.0. The first-order valence-electron chi connectivity index (χ1n) is 5.87. The molecule has 0 aliphatic carbocycles. The second-order valence-electron chi connectivity index (χ2n) is 4.92. The number of nitrogens with two attached hydrogens (primary N) is 1. The summed E-state index contributed by atoms with van der Waals surface area (Å²) < 4.78 is 22.2. The zero-order chi connectivity index (χ0) is 16.4. The second-order valence-corrected chi connectivity index (χ2v) is 6.48. The van der Waals surface area contributed by atoms with Gasteiger partial charge in [0.2, 0.25) is 10.0 Å². The van der Waals surface area contributed by atoms with Gasteiger partial charge in [-0.05, 0) is 38.1 Å². The van der Waals surface area contributed by atoms with Crippen LogP contribution in [0.25, 0.3) is 0 Å². The zero-order valence-electron chi connectivity index (χ0n) is 11.8. The van der Waals surface area contributed by atoms with E-state index in [1.165, 1.54) is 45.2 Å². The largest absolute Gasteiger partial charge is 0.480 e. The maximum Gasteiger partial charge on any atom is 0.329 e. The van der Waals surface area contributed by atoms with Crippen LogP contribution in [0.15, 0.2) is 29.2 Å². The number of hydrogen-bond donors (Lipinski definition) is 3. The van der Waals surface area contributed by atoms with Crippen LogP contribution in [0.5, 0.6) is 0 Å². The molecule has 0 spiro atoms. The van der Waals surface area contributed by atoms with Gasteiger partial charge in [-0.3, -0.25) is 0 Å². The van der Waals surface area contributed by atoms with Crippen LogP contribution in [0.3, 0.4) is 0 Å². The van der Waals surface area contributed by atoms with Crippen LogP contribution in [0, 0.1) is 0 Å². The molecule has 4 N–H and O–H groups in total. The Hall–Kier alpha value is -2.13. The summed E-state index contributed by atoms with van der Waals surface area (Å²) in [5.41, 5.74) is -1.06. The van der Waals surface area contributed by atoms with E-state index in [1.54, 1.807) is 0 Å². The van der Waals surface area contributed by atoms with Crippen molar-refractivity contribution in [2.75, 3.05) is 12.4 Å². The molecule has 0 aromatic heterocycles. The standard InChI is InChI=1S/C12H17N3O5S/c1-12(2,10(16)17)15(3)11(18)14-8-4-6-9(7-5-8)21(13,19)20/h4-7H,1-3H3,(H,14,18)(H,16,17)(H2,13,19,20). The minimum atomic E-state index is -3.80. The fraction of sp³-hybridized carbons (Fsp3) is 0.333. The number of likely N-dealkylation sites (N-methyl/N-ethyl adjacent to an activating group) is 1. The highest BCUT2D eigenvalue weighted by molar-refractivity contribution is 7.89. The van der Waals surface area contributed by atoms with Crippen molar-refractivity contribution in [1.29, 1.82) is 0 Å². The van der Waals surface area contributed by atoms with Gasteiger partial charge < -0.3 is 15.3 Å². The van der Waals surface area contributed by atoms with Crippen molar-refractivity contribution in [3.63, 3.8) is 0 Å². The van der Waals surface area contributed by atoms with Crippen molar-refractivity contribution in [1.82, 2.24) is 4.90 Å². The van der Waals surface area contributed by atoms with Gasteiger partial charge in [0, 0.05) is 12.7 Å². The Morgan fingerprint density at radius 3 is 2.10 bits per heavy atom. The first-order valence-corrected chi connectivity index (χ1v) is 7.42. The molecule has 0 atom stereocenters. The number of carboxylic acid groups (broad SMARTS) is 1. The lowest BCUT2D eigenvalue weighted by Crippen LogP contribution is -2.52. The Kier molecular flexibility index (Phi) is 4.59. The highest BCUT2D eigenvalue weighted by atomic mass is 32.2. The minimum absolute atomic E-state index is 0.0836. The second kappa shape index (κ2) is 5.70. The van der Waals surface area contributed by atoms with Crippen LogP contribution in [-0.4, -0.2) is 43.0 Å². The maximum absolute atomic E-state index is 12.0. The Morgan fingerprint density at radius 2 is 1.71 bits per heavy atom. The number of urea groups is 1. The number of carboxylic acids is 1. The van der Waals surface area contributed by atoms with E-state index in [0.717, 1.165) is 4.90 Å². The number of nitrogens with one attached hydrogen (secondary N) is 1. The van der Waals surface area contributed by atoms with Crippen molar-refractivity contribution < 1.29 is 23.1 Å². The third-order valence-corrected chi connectivity index (χ3v) is 4.03. The quantitative estimate of drug-likeness (QED) is 0.751. The number of primary sulfonamides is 1. The van der Waals surface area contributed by atoms with E-state index in [9.17, 15) is 18.0 Å². The Morgan fingerprint density at radius 1 is 1.24 bits per heavy atom. The van der Waals surface area contributed by atoms with E-state index >= 15 is 0 Å². The topological polar surface area (TPSA) is 130 Å². The molecule has 0 saturated heterocycles. The first kappa shape index (κ1) is 16.9. The van der Waals surface area contributed by atoms with Crippen molar-refractivity contribution >= 4 is 27.7 Å². The average molecular weight is 315 g/mol. The summed E-state index contributed by atoms with van der Waals surface area (Å²) in [5, 5.41) is 16.5. The molecule has 8 nitrogen and oxygen atoms in total. The molecule has 0 radical (unpaired) electrons. The van der Waals surface area contributed by atoms with Gasteiger partial charge in [-0.1, -0.05) is 0 Å². The fourth-order valence-electron chi connectivity index (χ4n) is 1.33. The van der Waals surface area contributed by atoms with Crippen molar-refractivity contribution in [2.45, 2.75) is 24.3 Å². The molecule has 0 aliphatic heterocycles. The molecule has 1 rings (SSSR count). The van der Waals surface area contributed by atoms with Gasteiger partial charge in [-0.25, -0.2) is 23.1 Å². The normalized spacial score (nSPS) is 11.8. The molecule has 2 amide bonds. The van der Waals surface area contributed by atoms with Crippen molar-refractivity contribution in [3.8, 4) is 0 Å². The van der Waals surface area contributed by atoms with E-state index in [1.807, 2.05) is 0 Å². The molecule has 1 aromatic rings. The number of sulfonamides is 1. The van der Waals surface area contributed by atoms with Crippen LogP contribution in [0.1, 0.15) is 13.8 Å². The van der Waals surface area contributed by atoms with Crippen LogP contribution < -0.4 is 10.5 Å². The number of aliphatic carboxylic acids is 1. The van der Waals surface area contributed by atoms with E-state index < -0.39 is 27.6 Å². The summed E-state index contributed by atoms with van der Waals surface area (Å²) in [6.07, 6.45) is 0. The lowest BCUT2D eigenvalue weighted by atomic mass is 10.1. The number of carbonyl (C=O) groups is 2. The summed E-state index contributed by atoms with van der Waals surface area (Å²) >= 11 is 0. The summed E-state index contributed by atoms with van der Waals surface area (Å²) in [6.45, 7) is 2.78. The van der Waals surface area contributed by atoms with Crippen molar-refractivity contribution in [3.05, 3.63) is 24.3 Å². The lowest BCUT2D eigenvalue weighted by molar-refractivity contribution is -0.146. The molecule has 0 heterocycles. The van der Waals surface area contributed by atoms with Crippen LogP contribution in [0.2, 0.25) is 0 Å². The maximum atomic E-state index is 12.0. The minimum Gasteiger partial charge on any atom is -0.480 e. The summed E-state index contributed by atoms with van der Waals surface area (Å²) in [7, 11) is -2.45. The van der Waals surface area contributed by atoms with Crippen molar-refractivity contribution in [2.24, 2.45) is 5.14 Å². The molecular weight excluding hydrogens is 298 g/mol. The van der Waals surface area contributed by atoms with Crippen LogP contribution in [-0.2, 0) is 14.8 Å². The van der Waals surface area contributed by atoms with E-state index in [2.05, 4.69) is 5.32 Å². The third kappa shape index (κ3) is 3.92. The number of amides is 2. The van der Waals surface area contributed by atoms with Gasteiger partial charge in [0.05, 0.1) is 4.90 Å². The number of hydrogen-bond acceptors (Lipinski definition) is 4. The molecule has 9 heteroatoms. The number of anilines is 1. The molecule has 0 unspecified atom stereocenters. The van der Waals surface area contributed by atoms with Gasteiger partial charge in [-0.2, -0.15) is 0 Å². The number of carbonyl (C=O) groups excluding carboxylic acids is 1. The first-order chi connectivity index (χ1) is 9.46. The monoisotopic (exact) mass is 315 g/mol. The molecule has 0 saturated carbocycles. The van der Waals surface area contributed by atoms with E-state index in [0.29, 0.717) is 5.69 Å². The molecule has 21 heavy (non-hydrogen) atoms. The molecule has 0 bridgehead atoms. The zero-order valence-corrected chi connectivity index (χ0v) is 12.6. The highest BCUT2D eigenvalue weighted by Crippen LogP contribution is 2.16. The smallest absolute Gasteiger partial charge is 0.329 e.